The first-order valence-electron chi connectivity index (χ1n) is 9.42. The highest BCUT2D eigenvalue weighted by Gasteiger charge is 2.22. The van der Waals surface area contributed by atoms with Gasteiger partial charge < -0.3 is 24.6 Å². The molecule has 1 N–H and O–H groups in total. The number of piperidine rings is 1. The van der Waals surface area contributed by atoms with E-state index in [0.29, 0.717) is 6.10 Å². The standard InChI is InChI=1S/C18H36N4O3.HI/c1-5-6-10-19-18(20-15-17(23)21(2)3)22-11-8-16(9-12-22)25-14-7-13-24-4;/h16H,5-15H2,1-4H3,(H,19,20);1H. The number of likely N-dealkylation sites (N-methyl/N-ethyl adjacent to an activating group) is 1. The van der Waals surface area contributed by atoms with Crippen molar-refractivity contribution in [2.24, 2.45) is 4.99 Å². The third-order valence-electron chi connectivity index (χ3n) is 4.26. The Morgan fingerprint density at radius 3 is 2.50 bits per heavy atom. The lowest BCUT2D eigenvalue weighted by Gasteiger charge is -2.34. The molecule has 0 aliphatic carbocycles. The smallest absolute Gasteiger partial charge is 0.243 e. The van der Waals surface area contributed by atoms with E-state index in [1.165, 1.54) is 0 Å². The van der Waals surface area contributed by atoms with Gasteiger partial charge in [0.2, 0.25) is 5.91 Å². The lowest BCUT2D eigenvalue weighted by atomic mass is 10.1. The highest BCUT2D eigenvalue weighted by Crippen LogP contribution is 2.14. The van der Waals surface area contributed by atoms with Crippen LogP contribution in [0.1, 0.15) is 39.0 Å². The van der Waals surface area contributed by atoms with Crippen LogP contribution in [-0.2, 0) is 14.3 Å². The minimum absolute atomic E-state index is 0. The van der Waals surface area contributed by atoms with Crippen molar-refractivity contribution in [1.82, 2.24) is 15.1 Å². The molecule has 1 fully saturated rings. The Morgan fingerprint density at radius 2 is 1.92 bits per heavy atom. The van der Waals surface area contributed by atoms with Gasteiger partial charge in [0, 0.05) is 54.1 Å². The number of rotatable bonds is 10. The summed E-state index contributed by atoms with van der Waals surface area (Å²) < 4.78 is 11.0. The zero-order valence-electron chi connectivity index (χ0n) is 16.8. The number of carbonyl (C=O) groups excluding carboxylic acids is 1. The lowest BCUT2D eigenvalue weighted by molar-refractivity contribution is -0.127. The molecule has 0 aromatic rings. The second-order valence-corrected chi connectivity index (χ2v) is 6.61. The fourth-order valence-electron chi connectivity index (χ4n) is 2.62. The van der Waals surface area contributed by atoms with E-state index in [2.05, 4.69) is 22.1 Å². The number of nitrogens with one attached hydrogen (secondary N) is 1. The van der Waals surface area contributed by atoms with Crippen LogP contribution in [0.2, 0.25) is 0 Å². The normalized spacial score (nSPS) is 15.5. The van der Waals surface area contributed by atoms with E-state index in [-0.39, 0.29) is 36.4 Å². The summed E-state index contributed by atoms with van der Waals surface area (Å²) in [6.45, 7) is 6.56. The van der Waals surface area contributed by atoms with Crippen molar-refractivity contribution in [2.75, 3.05) is 60.6 Å². The van der Waals surface area contributed by atoms with Crippen molar-refractivity contribution in [1.29, 1.82) is 0 Å². The number of likely N-dealkylation sites (tertiary alicyclic amines) is 1. The first kappa shape index (κ1) is 25.4. The van der Waals surface area contributed by atoms with Crippen LogP contribution in [0, 0.1) is 0 Å². The summed E-state index contributed by atoms with van der Waals surface area (Å²) in [6, 6.07) is 0. The molecule has 0 saturated carbocycles. The third kappa shape index (κ3) is 10.5. The van der Waals surface area contributed by atoms with Gasteiger partial charge in [-0.05, 0) is 25.7 Å². The number of aliphatic imine (C=N–C) groups is 1. The number of unbranched alkanes of at least 4 members (excludes halogenated alkanes) is 1. The molecule has 26 heavy (non-hydrogen) atoms. The van der Waals surface area contributed by atoms with E-state index >= 15 is 0 Å². The minimum Gasteiger partial charge on any atom is -0.385 e. The van der Waals surface area contributed by atoms with Gasteiger partial charge >= 0.3 is 0 Å². The molecular weight excluding hydrogens is 447 g/mol. The SMILES string of the molecule is CCCCNC(=NCC(=O)N(C)C)N1CCC(OCCCOC)CC1.I. The summed E-state index contributed by atoms with van der Waals surface area (Å²) in [4.78, 5) is 20.2. The Kier molecular flexibility index (Phi) is 15.1. The second-order valence-electron chi connectivity index (χ2n) is 6.61. The molecule has 1 heterocycles. The van der Waals surface area contributed by atoms with Crippen molar-refractivity contribution in [3.63, 3.8) is 0 Å². The summed E-state index contributed by atoms with van der Waals surface area (Å²) >= 11 is 0. The highest BCUT2D eigenvalue weighted by atomic mass is 127. The predicted molar refractivity (Wildman–Crippen MR) is 116 cm³/mol. The minimum atomic E-state index is 0. The van der Waals surface area contributed by atoms with Crippen molar-refractivity contribution in [3.05, 3.63) is 0 Å². The maximum Gasteiger partial charge on any atom is 0.243 e. The van der Waals surface area contributed by atoms with Crippen LogP contribution in [0.15, 0.2) is 4.99 Å². The number of nitrogens with zero attached hydrogens (tertiary/aromatic N) is 3. The number of guanidine groups is 1. The molecule has 7 nitrogen and oxygen atoms in total. The number of ether oxygens (including phenoxy) is 2. The molecule has 0 atom stereocenters. The van der Waals surface area contributed by atoms with Gasteiger partial charge in [-0.25, -0.2) is 4.99 Å². The fraction of sp³-hybridized carbons (Fsp3) is 0.889. The van der Waals surface area contributed by atoms with Gasteiger partial charge in [-0.1, -0.05) is 13.3 Å². The molecule has 0 aromatic heterocycles. The van der Waals surface area contributed by atoms with E-state index in [9.17, 15) is 4.79 Å². The van der Waals surface area contributed by atoms with Crippen molar-refractivity contribution in [3.8, 4) is 0 Å². The van der Waals surface area contributed by atoms with Gasteiger partial charge in [0.05, 0.1) is 6.10 Å². The van der Waals surface area contributed by atoms with Crippen LogP contribution in [-0.4, -0.2) is 88.4 Å². The topological polar surface area (TPSA) is 66.4 Å². The highest BCUT2D eigenvalue weighted by molar-refractivity contribution is 14.0. The van der Waals surface area contributed by atoms with Gasteiger partial charge in [-0.3, -0.25) is 4.79 Å². The second kappa shape index (κ2) is 15.4. The molecule has 154 valence electrons. The van der Waals surface area contributed by atoms with E-state index < -0.39 is 0 Å². The summed E-state index contributed by atoms with van der Waals surface area (Å²) in [7, 11) is 5.23. The monoisotopic (exact) mass is 484 g/mol. The lowest BCUT2D eigenvalue weighted by Crippen LogP contribution is -2.47. The molecule has 0 aromatic carbocycles. The number of amides is 1. The Balaban J connectivity index is 0.00000625. The van der Waals surface area contributed by atoms with Crippen molar-refractivity contribution in [2.45, 2.75) is 45.1 Å². The van der Waals surface area contributed by atoms with E-state index in [1.54, 1.807) is 26.1 Å². The first-order valence-corrected chi connectivity index (χ1v) is 9.42. The predicted octanol–water partition coefficient (Wildman–Crippen LogP) is 1.96. The maximum atomic E-state index is 11.8. The molecule has 0 spiro atoms. The zero-order valence-corrected chi connectivity index (χ0v) is 19.2. The Hall–Kier alpha value is -0.610. The molecule has 0 bridgehead atoms. The molecule has 1 rings (SSSR count). The van der Waals surface area contributed by atoms with Crippen LogP contribution in [0.25, 0.3) is 0 Å². The molecular formula is C18H37IN4O3. The largest absolute Gasteiger partial charge is 0.385 e. The van der Waals surface area contributed by atoms with E-state index in [0.717, 1.165) is 70.9 Å². The Bertz CT molecular complexity index is 400. The quantitative estimate of drug-likeness (QED) is 0.222. The van der Waals surface area contributed by atoms with Crippen LogP contribution >= 0.6 is 24.0 Å². The van der Waals surface area contributed by atoms with E-state index in [1.807, 2.05) is 0 Å². The molecule has 1 saturated heterocycles. The molecule has 1 aliphatic heterocycles. The average Bonchev–Trinajstić information content (AvgIpc) is 2.62. The van der Waals surface area contributed by atoms with E-state index in [4.69, 9.17) is 9.47 Å². The summed E-state index contributed by atoms with van der Waals surface area (Å²) in [5.41, 5.74) is 0. The number of methoxy groups -OCH3 is 1. The zero-order chi connectivity index (χ0) is 18.5. The summed E-state index contributed by atoms with van der Waals surface area (Å²) in [5, 5.41) is 3.41. The van der Waals surface area contributed by atoms with Crippen LogP contribution in [0.5, 0.6) is 0 Å². The van der Waals surface area contributed by atoms with Crippen LogP contribution in [0.4, 0.5) is 0 Å². The molecule has 1 amide bonds. The number of hydrogen-bond acceptors (Lipinski definition) is 4. The average molecular weight is 484 g/mol. The molecule has 0 unspecified atom stereocenters. The Morgan fingerprint density at radius 1 is 1.23 bits per heavy atom. The van der Waals surface area contributed by atoms with Crippen LogP contribution in [0.3, 0.4) is 0 Å². The first-order chi connectivity index (χ1) is 12.1. The maximum absolute atomic E-state index is 11.8. The number of hydrogen-bond donors (Lipinski definition) is 1. The fourth-order valence-corrected chi connectivity index (χ4v) is 2.62. The van der Waals surface area contributed by atoms with Gasteiger partial charge in [0.25, 0.3) is 0 Å². The van der Waals surface area contributed by atoms with Gasteiger partial charge in [-0.2, -0.15) is 0 Å². The third-order valence-corrected chi connectivity index (χ3v) is 4.26. The summed E-state index contributed by atoms with van der Waals surface area (Å²) in [6.07, 6.45) is 5.46. The summed E-state index contributed by atoms with van der Waals surface area (Å²) in [5.74, 6) is 0.868. The van der Waals surface area contributed by atoms with Gasteiger partial charge in [-0.15, -0.1) is 24.0 Å². The van der Waals surface area contributed by atoms with Crippen LogP contribution < -0.4 is 5.32 Å². The van der Waals surface area contributed by atoms with Gasteiger partial charge in [0.1, 0.15) is 6.54 Å². The van der Waals surface area contributed by atoms with Gasteiger partial charge in [0.15, 0.2) is 5.96 Å². The molecule has 1 aliphatic rings. The Labute approximate surface area is 175 Å². The molecule has 0 radical (unpaired) electrons. The number of halogens is 1. The van der Waals surface area contributed by atoms with Crippen molar-refractivity contribution >= 4 is 35.8 Å². The number of carbonyl (C=O) groups is 1. The van der Waals surface area contributed by atoms with Crippen molar-refractivity contribution < 1.29 is 14.3 Å². The molecule has 8 heteroatoms.